The van der Waals surface area contributed by atoms with Gasteiger partial charge in [-0.1, -0.05) is 0 Å². The highest BCUT2D eigenvalue weighted by molar-refractivity contribution is 6.90. The van der Waals surface area contributed by atoms with Crippen molar-refractivity contribution in [3.63, 3.8) is 0 Å². The van der Waals surface area contributed by atoms with Gasteiger partial charge in [0.1, 0.15) is 0 Å². The van der Waals surface area contributed by atoms with Gasteiger partial charge in [0.2, 0.25) is 0 Å². The summed E-state index contributed by atoms with van der Waals surface area (Å²) in [5.74, 6) is 0. The van der Waals surface area contributed by atoms with E-state index in [9.17, 15) is 0 Å². The van der Waals surface area contributed by atoms with E-state index < -0.39 is 42.8 Å². The summed E-state index contributed by atoms with van der Waals surface area (Å²) in [7, 11) is -12.3. The van der Waals surface area contributed by atoms with Crippen molar-refractivity contribution in [2.75, 3.05) is 13.2 Å². The molecule has 0 amide bonds. The maximum atomic E-state index is 6.52. The van der Waals surface area contributed by atoms with Crippen LogP contribution in [0.3, 0.4) is 0 Å². The third-order valence-electron chi connectivity index (χ3n) is 2.42. The molecule has 0 aliphatic carbocycles. The van der Waals surface area contributed by atoms with Crippen LogP contribution in [0.1, 0.15) is 13.8 Å². The molecule has 0 unspecified atom stereocenters. The summed E-state index contributed by atoms with van der Waals surface area (Å²) in [4.78, 5) is 0. The molecule has 152 valence electrons. The lowest BCUT2D eigenvalue weighted by Crippen LogP contribution is -2.67. The Hall–Kier alpha value is 0.844. The number of hydrogen-bond donors (Lipinski definition) is 0. The molecule has 0 aromatic rings. The summed E-state index contributed by atoms with van der Waals surface area (Å²) in [6.45, 7) is 25.9. The summed E-state index contributed by atoms with van der Waals surface area (Å²) in [6, 6.07) is 0. The van der Waals surface area contributed by atoms with Crippen LogP contribution >= 0.6 is 0 Å². The second-order valence-corrected chi connectivity index (χ2v) is 28.2. The Balaban J connectivity index is 6.01. The van der Waals surface area contributed by atoms with Gasteiger partial charge in [-0.3, -0.25) is 0 Å². The second-order valence-electron chi connectivity index (χ2n) is 8.97. The average molecular weight is 445 g/mol. The highest BCUT2D eigenvalue weighted by Gasteiger charge is 2.59. The largest absolute Gasteiger partial charge is 0.640 e. The van der Waals surface area contributed by atoms with Gasteiger partial charge < -0.3 is 25.3 Å². The van der Waals surface area contributed by atoms with Crippen LogP contribution in [0.15, 0.2) is 0 Å². The summed E-state index contributed by atoms with van der Waals surface area (Å²) in [6.07, 6.45) is 0. The highest BCUT2D eigenvalue weighted by Crippen LogP contribution is 2.30. The summed E-state index contributed by atoms with van der Waals surface area (Å²) < 4.78 is 37.9. The van der Waals surface area contributed by atoms with Crippen molar-refractivity contribution in [3.05, 3.63) is 0 Å². The SMILES string of the molecule is CCO[Si](C)(OCC)O[Si](O[Si](C)(C)C)(O[Si](C)(C)C)O[Si](C)(C)C. The summed E-state index contributed by atoms with van der Waals surface area (Å²) in [5.41, 5.74) is 0. The lowest BCUT2D eigenvalue weighted by atomic mass is 10.9. The molecule has 0 saturated heterocycles. The maximum Gasteiger partial charge on any atom is 0.640 e. The van der Waals surface area contributed by atoms with Crippen molar-refractivity contribution in [1.82, 2.24) is 0 Å². The quantitative estimate of drug-likeness (QED) is 0.409. The van der Waals surface area contributed by atoms with E-state index in [0.29, 0.717) is 13.2 Å². The van der Waals surface area contributed by atoms with Crippen LogP contribution in [-0.2, 0) is 25.3 Å². The van der Waals surface area contributed by atoms with Crippen LogP contribution in [-0.4, -0.2) is 56.0 Å². The molecule has 0 aliphatic rings. The van der Waals surface area contributed by atoms with Crippen LogP contribution in [0.25, 0.3) is 0 Å². The maximum absolute atomic E-state index is 6.52. The Bertz CT molecular complexity index is 355. The lowest BCUT2D eigenvalue weighted by molar-refractivity contribution is 0.0617. The van der Waals surface area contributed by atoms with Gasteiger partial charge >= 0.3 is 17.9 Å². The van der Waals surface area contributed by atoms with Gasteiger partial charge in [-0.2, -0.15) is 0 Å². The Morgan fingerprint density at radius 3 is 0.960 bits per heavy atom. The van der Waals surface area contributed by atoms with Gasteiger partial charge in [-0.25, -0.2) is 0 Å². The zero-order valence-electron chi connectivity index (χ0n) is 18.4. The predicted octanol–water partition coefficient (Wildman–Crippen LogP) is 4.63. The fourth-order valence-corrected chi connectivity index (χ4v) is 17.8. The first-order chi connectivity index (χ1) is 10.9. The van der Waals surface area contributed by atoms with Crippen LogP contribution in [0, 0.1) is 0 Å². The van der Waals surface area contributed by atoms with Gasteiger partial charge in [0.25, 0.3) is 0 Å². The molecule has 0 aliphatic heterocycles. The van der Waals surface area contributed by atoms with Crippen molar-refractivity contribution >= 4 is 42.8 Å². The Kier molecular flexibility index (Phi) is 9.68. The average Bonchev–Trinajstić information content (AvgIpc) is 2.19. The smallest absolute Gasteiger partial charge is 0.396 e. The zero-order chi connectivity index (χ0) is 20.2. The Morgan fingerprint density at radius 1 is 0.480 bits per heavy atom. The molecule has 0 fully saturated rings. The normalized spacial score (nSPS) is 14.9. The van der Waals surface area contributed by atoms with E-state index in [0.717, 1.165) is 0 Å². The molecule has 0 radical (unpaired) electrons. The van der Waals surface area contributed by atoms with Gasteiger partial charge in [-0.15, -0.1) is 0 Å². The molecule has 25 heavy (non-hydrogen) atoms. The van der Waals surface area contributed by atoms with Crippen molar-refractivity contribution in [3.8, 4) is 0 Å². The Labute approximate surface area is 160 Å². The summed E-state index contributed by atoms with van der Waals surface area (Å²) in [5, 5.41) is 0. The molecule has 0 rings (SSSR count). The zero-order valence-corrected chi connectivity index (χ0v) is 23.4. The minimum absolute atomic E-state index is 0.514. The Morgan fingerprint density at radius 2 is 0.760 bits per heavy atom. The summed E-state index contributed by atoms with van der Waals surface area (Å²) >= 11 is 0. The molecule has 11 heteroatoms. The van der Waals surface area contributed by atoms with Gasteiger partial charge in [0, 0.05) is 19.8 Å². The number of hydrogen-bond acceptors (Lipinski definition) is 6. The molecule has 0 N–H and O–H groups in total. The van der Waals surface area contributed by atoms with E-state index >= 15 is 0 Å². The molecule has 0 atom stereocenters. The molecule has 0 spiro atoms. The van der Waals surface area contributed by atoms with Gasteiger partial charge in [-0.05, 0) is 72.8 Å². The fraction of sp³-hybridized carbons (Fsp3) is 1.00. The molecule has 0 aromatic carbocycles. The fourth-order valence-electron chi connectivity index (χ4n) is 2.10. The lowest BCUT2D eigenvalue weighted by Gasteiger charge is -2.43. The van der Waals surface area contributed by atoms with Gasteiger partial charge in [0.05, 0.1) is 0 Å². The third kappa shape index (κ3) is 12.0. The van der Waals surface area contributed by atoms with Crippen LogP contribution in [0.2, 0.25) is 65.5 Å². The van der Waals surface area contributed by atoms with Crippen LogP contribution in [0.4, 0.5) is 0 Å². The van der Waals surface area contributed by atoms with E-state index in [1.54, 1.807) is 0 Å². The molecule has 6 nitrogen and oxygen atoms in total. The standard InChI is InChI=1S/C14H40O6Si5/c1-13-15-24(12,16-14-2)20-25(17-21(3,4)5,18-22(6,7)8)19-23(9,10)11/h13-14H2,1-12H3. The van der Waals surface area contributed by atoms with Crippen molar-refractivity contribution < 1.29 is 25.3 Å². The first kappa shape index (κ1) is 25.8. The molecular formula is C14H40O6Si5. The van der Waals surface area contributed by atoms with E-state index in [2.05, 4.69) is 58.9 Å². The van der Waals surface area contributed by atoms with Crippen LogP contribution in [0.5, 0.6) is 0 Å². The first-order valence-corrected chi connectivity index (χ1v) is 23.1. The predicted molar refractivity (Wildman–Crippen MR) is 115 cm³/mol. The monoisotopic (exact) mass is 444 g/mol. The van der Waals surface area contributed by atoms with E-state index in [4.69, 9.17) is 25.3 Å². The van der Waals surface area contributed by atoms with Crippen molar-refractivity contribution in [1.29, 1.82) is 0 Å². The topological polar surface area (TPSA) is 55.4 Å². The van der Waals surface area contributed by atoms with E-state index in [-0.39, 0.29) is 0 Å². The first-order valence-electron chi connectivity index (χ1n) is 9.03. The molecular weight excluding hydrogens is 405 g/mol. The minimum Gasteiger partial charge on any atom is -0.396 e. The number of rotatable bonds is 12. The second kappa shape index (κ2) is 9.36. The van der Waals surface area contributed by atoms with Crippen molar-refractivity contribution in [2.45, 2.75) is 79.3 Å². The minimum atomic E-state index is -3.41. The molecule has 0 aromatic heterocycles. The third-order valence-corrected chi connectivity index (χ3v) is 16.9. The highest BCUT2D eigenvalue weighted by atomic mass is 28.5. The van der Waals surface area contributed by atoms with Gasteiger partial charge in [0.15, 0.2) is 25.0 Å². The molecule has 0 saturated carbocycles. The molecule has 0 bridgehead atoms. The molecule has 0 heterocycles. The van der Waals surface area contributed by atoms with E-state index in [1.807, 2.05) is 20.4 Å². The van der Waals surface area contributed by atoms with E-state index in [1.165, 1.54) is 0 Å². The van der Waals surface area contributed by atoms with Crippen LogP contribution < -0.4 is 0 Å². The van der Waals surface area contributed by atoms with Crippen molar-refractivity contribution in [2.24, 2.45) is 0 Å².